The molecule has 1 aliphatic rings. The number of carbonyl (C=O) groups excluding carboxylic acids is 2. The molecule has 1 fully saturated rings. The molecule has 0 unspecified atom stereocenters. The van der Waals surface area contributed by atoms with Gasteiger partial charge in [-0.2, -0.15) is 0 Å². The van der Waals surface area contributed by atoms with E-state index in [1.54, 1.807) is 16.2 Å². The largest absolute Gasteiger partial charge is 0.341 e. The van der Waals surface area contributed by atoms with Gasteiger partial charge in [0.05, 0.1) is 12.6 Å². The van der Waals surface area contributed by atoms with E-state index in [-0.39, 0.29) is 23.1 Å². The lowest BCUT2D eigenvalue weighted by Gasteiger charge is -2.21. The van der Waals surface area contributed by atoms with E-state index in [4.69, 9.17) is 0 Å². The van der Waals surface area contributed by atoms with Crippen molar-refractivity contribution in [3.05, 3.63) is 50.8 Å². The second kappa shape index (κ2) is 7.39. The molecular weight excluding hydrogens is 328 g/mol. The van der Waals surface area contributed by atoms with Crippen LogP contribution >= 0.6 is 11.3 Å². The lowest BCUT2D eigenvalue weighted by Crippen LogP contribution is -2.38. The van der Waals surface area contributed by atoms with Crippen molar-refractivity contribution in [2.45, 2.75) is 12.8 Å². The number of carbonyl (C=O) groups is 2. The Bertz CT molecular complexity index is 751. The minimum absolute atomic E-state index is 0.0916. The van der Waals surface area contributed by atoms with Crippen molar-refractivity contribution in [1.29, 1.82) is 0 Å². The van der Waals surface area contributed by atoms with Crippen LogP contribution in [0.2, 0.25) is 0 Å². The Kier molecular flexibility index (Phi) is 5.05. The Balaban J connectivity index is 1.60. The average Bonchev–Trinajstić information content (AvgIpc) is 2.96. The third kappa shape index (κ3) is 3.88. The van der Waals surface area contributed by atoms with Crippen LogP contribution in [0.5, 0.6) is 0 Å². The van der Waals surface area contributed by atoms with Crippen molar-refractivity contribution in [2.75, 3.05) is 26.2 Å². The highest BCUT2D eigenvalue weighted by Gasteiger charge is 2.23. The first kappa shape index (κ1) is 16.4. The summed E-state index contributed by atoms with van der Waals surface area (Å²) in [6, 6.07) is 3.89. The monoisotopic (exact) mass is 346 g/mol. The van der Waals surface area contributed by atoms with Gasteiger partial charge in [0, 0.05) is 37.3 Å². The molecule has 3 rings (SSSR count). The van der Waals surface area contributed by atoms with Crippen LogP contribution in [-0.2, 0) is 11.2 Å². The van der Waals surface area contributed by atoms with Crippen LogP contribution in [0.3, 0.4) is 0 Å². The molecule has 2 aromatic rings. The van der Waals surface area contributed by atoms with Gasteiger partial charge in [0.15, 0.2) is 0 Å². The first-order valence-corrected chi connectivity index (χ1v) is 8.65. The fourth-order valence-electron chi connectivity index (χ4n) is 2.67. The van der Waals surface area contributed by atoms with Crippen LogP contribution in [0, 0.1) is 0 Å². The highest BCUT2D eigenvalue weighted by molar-refractivity contribution is 7.10. The standard InChI is InChI=1S/C16H18N4O3S/c21-14-11-17-13(10-18-14)16(23)20-5-2-4-19(6-7-20)15(22)9-12-3-1-8-24-12/h1,3,8,10-11H,2,4-7,9H2,(H,18,21). The van der Waals surface area contributed by atoms with Gasteiger partial charge in [-0.1, -0.05) is 6.07 Å². The molecule has 1 aliphatic heterocycles. The molecule has 0 radical (unpaired) electrons. The van der Waals surface area contributed by atoms with Gasteiger partial charge >= 0.3 is 0 Å². The number of nitrogens with one attached hydrogen (secondary N) is 1. The topological polar surface area (TPSA) is 86.4 Å². The van der Waals surface area contributed by atoms with Crippen molar-refractivity contribution in [2.24, 2.45) is 0 Å². The minimum Gasteiger partial charge on any atom is -0.341 e. The number of hydrogen-bond acceptors (Lipinski definition) is 5. The van der Waals surface area contributed by atoms with Crippen molar-refractivity contribution < 1.29 is 9.59 Å². The minimum atomic E-state index is -0.340. The summed E-state index contributed by atoms with van der Waals surface area (Å²) in [7, 11) is 0. The Hall–Kier alpha value is -2.48. The van der Waals surface area contributed by atoms with E-state index in [0.717, 1.165) is 17.5 Å². The van der Waals surface area contributed by atoms with Crippen LogP contribution in [0.25, 0.3) is 0 Å². The van der Waals surface area contributed by atoms with E-state index in [1.807, 2.05) is 22.4 Å². The fraction of sp³-hybridized carbons (Fsp3) is 0.375. The Labute approximate surface area is 142 Å². The fourth-order valence-corrected chi connectivity index (χ4v) is 3.36. The van der Waals surface area contributed by atoms with Crippen molar-refractivity contribution in [3.8, 4) is 0 Å². The number of H-pyrrole nitrogens is 1. The molecular formula is C16H18N4O3S. The van der Waals surface area contributed by atoms with E-state index < -0.39 is 0 Å². The molecule has 24 heavy (non-hydrogen) atoms. The molecule has 0 spiro atoms. The summed E-state index contributed by atoms with van der Waals surface area (Å²) in [5.74, 6) is -0.132. The Morgan fingerprint density at radius 3 is 2.71 bits per heavy atom. The molecule has 0 atom stereocenters. The maximum atomic E-state index is 12.4. The summed E-state index contributed by atoms with van der Waals surface area (Å²) >= 11 is 1.58. The van der Waals surface area contributed by atoms with Crippen LogP contribution in [0.4, 0.5) is 0 Å². The van der Waals surface area contributed by atoms with Gasteiger partial charge in [-0.25, -0.2) is 4.98 Å². The molecule has 2 aromatic heterocycles. The van der Waals surface area contributed by atoms with E-state index >= 15 is 0 Å². The smallest absolute Gasteiger partial charge is 0.274 e. The van der Waals surface area contributed by atoms with E-state index in [9.17, 15) is 14.4 Å². The number of hydrogen-bond donors (Lipinski definition) is 1. The first-order chi connectivity index (χ1) is 11.6. The number of aromatic nitrogens is 2. The zero-order valence-corrected chi connectivity index (χ0v) is 13.9. The second-order valence-corrected chi connectivity index (χ2v) is 6.61. The summed E-state index contributed by atoms with van der Waals surface area (Å²) in [6.07, 6.45) is 3.57. The maximum Gasteiger partial charge on any atom is 0.274 e. The van der Waals surface area contributed by atoms with Crippen molar-refractivity contribution >= 4 is 23.2 Å². The third-order valence-electron chi connectivity index (χ3n) is 3.93. The highest BCUT2D eigenvalue weighted by Crippen LogP contribution is 2.13. The Morgan fingerprint density at radius 2 is 2.00 bits per heavy atom. The molecule has 0 bridgehead atoms. The molecule has 1 N–H and O–H groups in total. The number of amides is 2. The Morgan fingerprint density at radius 1 is 1.21 bits per heavy atom. The lowest BCUT2D eigenvalue weighted by atomic mass is 10.3. The molecule has 126 valence electrons. The lowest BCUT2D eigenvalue weighted by molar-refractivity contribution is -0.130. The SMILES string of the molecule is O=C(Cc1cccs1)N1CCCN(C(=O)c2c[nH]c(=O)cn2)CC1. The molecule has 7 nitrogen and oxygen atoms in total. The van der Waals surface area contributed by atoms with Gasteiger partial charge in [-0.05, 0) is 17.9 Å². The summed E-state index contributed by atoms with van der Waals surface area (Å²) in [4.78, 5) is 46.7. The molecule has 8 heteroatoms. The third-order valence-corrected chi connectivity index (χ3v) is 4.81. The highest BCUT2D eigenvalue weighted by atomic mass is 32.1. The van der Waals surface area contributed by atoms with Gasteiger partial charge in [-0.3, -0.25) is 14.4 Å². The molecule has 2 amide bonds. The molecule has 0 aliphatic carbocycles. The maximum absolute atomic E-state index is 12.4. The van der Waals surface area contributed by atoms with Crippen LogP contribution < -0.4 is 5.56 Å². The van der Waals surface area contributed by atoms with Gasteiger partial charge in [0.1, 0.15) is 5.69 Å². The summed E-state index contributed by atoms with van der Waals surface area (Å²) in [5, 5.41) is 1.96. The zero-order chi connectivity index (χ0) is 16.9. The average molecular weight is 346 g/mol. The molecule has 0 aromatic carbocycles. The predicted octanol–water partition coefficient (Wildman–Crippen LogP) is 0.749. The first-order valence-electron chi connectivity index (χ1n) is 7.77. The van der Waals surface area contributed by atoms with Crippen LogP contribution in [0.15, 0.2) is 34.7 Å². The van der Waals surface area contributed by atoms with Crippen LogP contribution in [-0.4, -0.2) is 57.8 Å². The quantitative estimate of drug-likeness (QED) is 0.888. The second-order valence-electron chi connectivity index (χ2n) is 5.58. The summed E-state index contributed by atoms with van der Waals surface area (Å²) in [5.41, 5.74) is -0.124. The van der Waals surface area contributed by atoms with Gasteiger partial charge in [0.2, 0.25) is 5.91 Å². The van der Waals surface area contributed by atoms with Gasteiger partial charge in [0.25, 0.3) is 11.5 Å². The predicted molar refractivity (Wildman–Crippen MR) is 90.0 cm³/mol. The number of nitrogens with zero attached hydrogens (tertiary/aromatic N) is 3. The van der Waals surface area contributed by atoms with Gasteiger partial charge < -0.3 is 14.8 Å². The number of aromatic amines is 1. The number of rotatable bonds is 3. The van der Waals surface area contributed by atoms with E-state index in [2.05, 4.69) is 9.97 Å². The normalized spacial score (nSPS) is 15.2. The number of thiophene rings is 1. The van der Waals surface area contributed by atoms with E-state index in [1.165, 1.54) is 6.20 Å². The zero-order valence-electron chi connectivity index (χ0n) is 13.1. The molecule has 0 saturated carbocycles. The summed E-state index contributed by atoms with van der Waals surface area (Å²) < 4.78 is 0. The summed E-state index contributed by atoms with van der Waals surface area (Å²) in [6.45, 7) is 2.20. The van der Waals surface area contributed by atoms with Crippen molar-refractivity contribution in [3.63, 3.8) is 0 Å². The van der Waals surface area contributed by atoms with Crippen LogP contribution in [0.1, 0.15) is 21.8 Å². The molecule has 3 heterocycles. The molecule has 1 saturated heterocycles. The van der Waals surface area contributed by atoms with E-state index in [0.29, 0.717) is 32.6 Å². The van der Waals surface area contributed by atoms with Crippen molar-refractivity contribution in [1.82, 2.24) is 19.8 Å². The van der Waals surface area contributed by atoms with Gasteiger partial charge in [-0.15, -0.1) is 11.3 Å².